The molecule has 6 heteroatoms. The van der Waals surface area contributed by atoms with Gasteiger partial charge in [0.25, 0.3) is 0 Å². The lowest BCUT2D eigenvalue weighted by atomic mass is 9.96. The number of hydrogen-bond donors (Lipinski definition) is 1. The molecule has 1 N–H and O–H groups in total. The number of Topliss-reactive ketones (excluding diaryl/α,β-unsaturated/α-hetero) is 1. The summed E-state index contributed by atoms with van der Waals surface area (Å²) in [5.74, 6) is 1.78. The number of aromatic nitrogens is 2. The number of allylic oxidation sites excluding steroid dienone is 2. The molecule has 1 unspecified atom stereocenters. The average molecular weight is 342 g/mol. The maximum Gasteiger partial charge on any atom is 0.219 e. The topological polar surface area (TPSA) is 67.2 Å². The molecule has 3 rings (SSSR count). The molecule has 1 aliphatic heterocycles. The van der Waals surface area contributed by atoms with Gasteiger partial charge in [-0.2, -0.15) is 0 Å². The molecule has 1 aliphatic carbocycles. The van der Waals surface area contributed by atoms with E-state index in [2.05, 4.69) is 20.9 Å². The molecule has 2 heterocycles. The minimum atomic E-state index is 0.0221. The van der Waals surface area contributed by atoms with E-state index in [0.29, 0.717) is 5.92 Å². The average Bonchev–Trinajstić information content (AvgIpc) is 3.15. The highest BCUT2D eigenvalue weighted by atomic mass is 16.2. The Bertz CT molecular complexity index is 724. The van der Waals surface area contributed by atoms with E-state index in [1.165, 1.54) is 0 Å². The number of carbonyl (C=O) groups is 2. The van der Waals surface area contributed by atoms with Crippen molar-refractivity contribution in [2.24, 2.45) is 5.92 Å². The van der Waals surface area contributed by atoms with Crippen molar-refractivity contribution in [1.82, 2.24) is 14.5 Å². The van der Waals surface area contributed by atoms with Gasteiger partial charge in [-0.15, -0.1) is 0 Å². The molecular formula is C19H26N4O2. The largest absolute Gasteiger partial charge is 0.360 e. The number of nitrogens with one attached hydrogen (secondary N) is 1. The molecule has 1 atom stereocenters. The first-order valence-corrected chi connectivity index (χ1v) is 8.87. The Morgan fingerprint density at radius 1 is 1.24 bits per heavy atom. The number of anilines is 1. The van der Waals surface area contributed by atoms with Crippen molar-refractivity contribution in [2.75, 3.05) is 18.4 Å². The molecular weight excluding hydrogens is 316 g/mol. The lowest BCUT2D eigenvalue weighted by Crippen LogP contribution is -2.38. The predicted molar refractivity (Wildman–Crippen MR) is 97.1 cm³/mol. The Hall–Kier alpha value is -2.37. The van der Waals surface area contributed by atoms with Gasteiger partial charge in [-0.25, -0.2) is 4.98 Å². The van der Waals surface area contributed by atoms with E-state index in [4.69, 9.17) is 0 Å². The van der Waals surface area contributed by atoms with Crippen LogP contribution in [0, 0.1) is 5.92 Å². The van der Waals surface area contributed by atoms with Crippen LogP contribution in [0.1, 0.15) is 33.6 Å². The summed E-state index contributed by atoms with van der Waals surface area (Å²) in [5.41, 5.74) is 1.81. The second-order valence-electron chi connectivity index (χ2n) is 7.04. The highest BCUT2D eigenvalue weighted by molar-refractivity contribution is 5.98. The molecule has 0 aromatic carbocycles. The van der Waals surface area contributed by atoms with Crippen molar-refractivity contribution in [2.45, 2.75) is 46.2 Å². The molecule has 1 amide bonds. The third-order valence-corrected chi connectivity index (χ3v) is 5.12. The molecule has 6 nitrogen and oxygen atoms in total. The van der Waals surface area contributed by atoms with Crippen LogP contribution in [-0.4, -0.2) is 45.3 Å². The van der Waals surface area contributed by atoms with Gasteiger partial charge in [0.1, 0.15) is 5.82 Å². The van der Waals surface area contributed by atoms with Crippen LogP contribution in [0.5, 0.6) is 0 Å². The summed E-state index contributed by atoms with van der Waals surface area (Å²) in [4.78, 5) is 29.3. The smallest absolute Gasteiger partial charge is 0.219 e. The fourth-order valence-electron chi connectivity index (χ4n) is 3.66. The first kappa shape index (κ1) is 17.5. The molecule has 25 heavy (non-hydrogen) atoms. The Kier molecular flexibility index (Phi) is 5.06. The number of amides is 1. The third-order valence-electron chi connectivity index (χ3n) is 5.12. The van der Waals surface area contributed by atoms with Gasteiger partial charge >= 0.3 is 0 Å². The Morgan fingerprint density at radius 2 is 1.96 bits per heavy atom. The van der Waals surface area contributed by atoms with E-state index < -0.39 is 0 Å². The highest BCUT2D eigenvalue weighted by Gasteiger charge is 2.22. The summed E-state index contributed by atoms with van der Waals surface area (Å²) in [6.45, 7) is 7.78. The Balaban J connectivity index is 1.61. The van der Waals surface area contributed by atoms with Crippen molar-refractivity contribution in [3.63, 3.8) is 0 Å². The standard InChI is InChI=1S/C19H26N4O2/c1-13-8-17(9-18(13)14(2)24)21-19-10-20-12-23(19)11-16-4-6-22(7-5-16)15(3)25/h8-10,12,16-17,21H,4-7,11H2,1-3H3. The predicted octanol–water partition coefficient (Wildman–Crippen LogP) is 2.40. The summed E-state index contributed by atoms with van der Waals surface area (Å²) in [5, 5.41) is 3.45. The maximum atomic E-state index is 11.6. The van der Waals surface area contributed by atoms with E-state index in [-0.39, 0.29) is 17.7 Å². The number of carbonyl (C=O) groups excluding carboxylic acids is 2. The lowest BCUT2D eigenvalue weighted by molar-refractivity contribution is -0.130. The maximum absolute atomic E-state index is 11.6. The summed E-state index contributed by atoms with van der Waals surface area (Å²) in [7, 11) is 0. The second-order valence-corrected chi connectivity index (χ2v) is 7.04. The normalized spacial score (nSPS) is 21.1. The van der Waals surface area contributed by atoms with Gasteiger partial charge in [-0.1, -0.05) is 6.08 Å². The van der Waals surface area contributed by atoms with Crippen LogP contribution in [0.2, 0.25) is 0 Å². The fraction of sp³-hybridized carbons (Fsp3) is 0.526. The first-order valence-electron chi connectivity index (χ1n) is 8.87. The van der Waals surface area contributed by atoms with Gasteiger partial charge in [0.15, 0.2) is 5.78 Å². The zero-order chi connectivity index (χ0) is 18.0. The molecule has 1 saturated heterocycles. The van der Waals surface area contributed by atoms with Crippen molar-refractivity contribution in [3.8, 4) is 0 Å². The second kappa shape index (κ2) is 7.25. The zero-order valence-corrected chi connectivity index (χ0v) is 15.2. The Morgan fingerprint density at radius 3 is 2.56 bits per heavy atom. The highest BCUT2D eigenvalue weighted by Crippen LogP contribution is 2.24. The quantitative estimate of drug-likeness (QED) is 0.892. The van der Waals surface area contributed by atoms with Crippen LogP contribution in [0.3, 0.4) is 0 Å². The SMILES string of the molecule is CC(=O)C1=CC(Nc2cncn2CC2CCN(C(C)=O)CC2)C=C1C. The molecule has 0 spiro atoms. The number of nitrogens with zero attached hydrogens (tertiary/aromatic N) is 3. The van der Waals surface area contributed by atoms with Crippen LogP contribution in [0.4, 0.5) is 5.82 Å². The summed E-state index contributed by atoms with van der Waals surface area (Å²) < 4.78 is 2.14. The fourth-order valence-corrected chi connectivity index (χ4v) is 3.66. The zero-order valence-electron chi connectivity index (χ0n) is 15.2. The number of rotatable bonds is 5. The van der Waals surface area contributed by atoms with Crippen LogP contribution in [-0.2, 0) is 16.1 Å². The van der Waals surface area contributed by atoms with E-state index in [0.717, 1.165) is 49.4 Å². The minimum absolute atomic E-state index is 0.0221. The Labute approximate surface area is 148 Å². The number of piperidine rings is 1. The monoisotopic (exact) mass is 342 g/mol. The van der Waals surface area contributed by atoms with Crippen molar-refractivity contribution < 1.29 is 9.59 Å². The van der Waals surface area contributed by atoms with Gasteiger partial charge in [0, 0.05) is 32.1 Å². The summed E-state index contributed by atoms with van der Waals surface area (Å²) in [6, 6.07) is 0.0221. The molecule has 0 saturated carbocycles. The lowest BCUT2D eigenvalue weighted by Gasteiger charge is -2.31. The van der Waals surface area contributed by atoms with Crippen LogP contribution in [0.15, 0.2) is 35.8 Å². The molecule has 1 aromatic heterocycles. The van der Waals surface area contributed by atoms with Crippen molar-refractivity contribution in [3.05, 3.63) is 35.8 Å². The van der Waals surface area contributed by atoms with Gasteiger partial charge < -0.3 is 14.8 Å². The van der Waals surface area contributed by atoms with Gasteiger partial charge in [0.2, 0.25) is 5.91 Å². The van der Waals surface area contributed by atoms with E-state index in [1.807, 2.05) is 30.4 Å². The third kappa shape index (κ3) is 4.00. The number of ketones is 1. The van der Waals surface area contributed by atoms with Crippen LogP contribution >= 0.6 is 0 Å². The first-order chi connectivity index (χ1) is 11.9. The van der Waals surface area contributed by atoms with Crippen LogP contribution in [0.25, 0.3) is 0 Å². The molecule has 1 fully saturated rings. The molecule has 134 valence electrons. The summed E-state index contributed by atoms with van der Waals surface area (Å²) in [6.07, 6.45) is 9.76. The van der Waals surface area contributed by atoms with Gasteiger partial charge in [-0.05, 0) is 44.3 Å². The molecule has 1 aromatic rings. The summed E-state index contributed by atoms with van der Waals surface area (Å²) >= 11 is 0. The van der Waals surface area contributed by atoms with Crippen molar-refractivity contribution in [1.29, 1.82) is 0 Å². The molecule has 2 aliphatic rings. The number of likely N-dealkylation sites (tertiary alicyclic amines) is 1. The van der Waals surface area contributed by atoms with Crippen molar-refractivity contribution >= 4 is 17.5 Å². The van der Waals surface area contributed by atoms with E-state index in [9.17, 15) is 9.59 Å². The number of imidazole rings is 1. The molecule has 0 radical (unpaired) electrons. The molecule has 0 bridgehead atoms. The van der Waals surface area contributed by atoms with E-state index in [1.54, 1.807) is 13.8 Å². The van der Waals surface area contributed by atoms with Crippen LogP contribution < -0.4 is 5.32 Å². The van der Waals surface area contributed by atoms with E-state index >= 15 is 0 Å². The van der Waals surface area contributed by atoms with Gasteiger partial charge in [0.05, 0.1) is 18.6 Å². The number of hydrogen-bond acceptors (Lipinski definition) is 4. The van der Waals surface area contributed by atoms with Gasteiger partial charge in [-0.3, -0.25) is 9.59 Å². The minimum Gasteiger partial charge on any atom is -0.360 e.